The van der Waals surface area contributed by atoms with Crippen LogP contribution >= 0.6 is 0 Å². The van der Waals surface area contributed by atoms with E-state index < -0.39 is 48.0 Å². The first-order chi connectivity index (χ1) is 38.5. The summed E-state index contributed by atoms with van der Waals surface area (Å²) in [6, 6.07) is 37.0. The molecule has 0 aliphatic rings. The van der Waals surface area contributed by atoms with E-state index in [-0.39, 0.29) is 0 Å². The van der Waals surface area contributed by atoms with Gasteiger partial charge in [0.05, 0.1) is 22.8 Å². The summed E-state index contributed by atoms with van der Waals surface area (Å²) >= 11 is 0. The highest BCUT2D eigenvalue weighted by Gasteiger charge is 2.15. The maximum atomic E-state index is 10.7. The summed E-state index contributed by atoms with van der Waals surface area (Å²) in [6.07, 6.45) is 4.93. The number of nitrogens with two attached hydrogens (primary N) is 4. The lowest BCUT2D eigenvalue weighted by Gasteiger charge is -2.07. The van der Waals surface area contributed by atoms with Crippen LogP contribution in [0.15, 0.2) is 148 Å². The molecule has 0 spiro atoms. The van der Waals surface area contributed by atoms with Gasteiger partial charge in [-0.05, 0) is 150 Å². The molecule has 0 saturated heterocycles. The van der Waals surface area contributed by atoms with Gasteiger partial charge in [0.25, 0.3) is 0 Å². The second-order valence-electron chi connectivity index (χ2n) is 19.4. The van der Waals surface area contributed by atoms with E-state index in [1.54, 1.807) is 0 Å². The number of rotatable bonds is 29. The van der Waals surface area contributed by atoms with Crippen molar-refractivity contribution in [3.8, 4) is 0 Å². The average Bonchev–Trinajstić information content (AvgIpc) is 3.43. The summed E-state index contributed by atoms with van der Waals surface area (Å²) in [4.78, 5) is 63.4. The summed E-state index contributed by atoms with van der Waals surface area (Å²) in [5, 5.41) is 50.7. The summed E-state index contributed by atoms with van der Waals surface area (Å²) in [5.74, 6) is -3.94. The third-order valence-electron chi connectivity index (χ3n) is 11.2. The molecule has 0 heterocycles. The number of carboxylic acid groups (broad SMARTS) is 4. The predicted molar refractivity (Wildman–Crippen MR) is 316 cm³/mol. The SMILES string of the molecule is C/C(=N/OCc1ccc(CC(N)C(=O)O)cc1)c1ccccc1.CC(C)=NOCCCc1ccc(CC(N)C(=O)O)cc1.CC(C)=NOCCCc1ccc(CC(N)C(=O)O)cc1.CC(C)=NOCc1ccc(CC(N)C(=O)O)cc1. The largest absolute Gasteiger partial charge is 0.480 e. The smallest absolute Gasteiger partial charge is 0.320 e. The van der Waals surface area contributed by atoms with Gasteiger partial charge in [-0.25, -0.2) is 0 Å². The van der Waals surface area contributed by atoms with Gasteiger partial charge < -0.3 is 62.7 Å². The fourth-order valence-electron chi connectivity index (χ4n) is 6.79. The van der Waals surface area contributed by atoms with E-state index in [2.05, 4.69) is 20.6 Å². The topological polar surface area (TPSA) is 340 Å². The molecular weight excluding hydrogens is 1040 g/mol. The van der Waals surface area contributed by atoms with Gasteiger partial charge in [-0.15, -0.1) is 0 Å². The van der Waals surface area contributed by atoms with E-state index in [4.69, 9.17) is 62.7 Å². The van der Waals surface area contributed by atoms with Crippen molar-refractivity contribution in [3.63, 3.8) is 0 Å². The molecule has 4 unspecified atom stereocenters. The van der Waals surface area contributed by atoms with Gasteiger partial charge in [-0.1, -0.05) is 148 Å². The van der Waals surface area contributed by atoms with Gasteiger partial charge in [0, 0.05) is 0 Å². The van der Waals surface area contributed by atoms with E-state index >= 15 is 0 Å². The Hall–Kier alpha value is -8.30. The Kier molecular flexibility index (Phi) is 33.2. The van der Waals surface area contributed by atoms with E-state index in [1.807, 2.05) is 176 Å². The molecule has 0 aromatic heterocycles. The molecule has 0 aliphatic heterocycles. The van der Waals surface area contributed by atoms with Crippen molar-refractivity contribution in [2.75, 3.05) is 13.2 Å². The molecule has 438 valence electrons. The zero-order valence-electron chi connectivity index (χ0n) is 47.6. The number of carboxylic acids is 4. The Morgan fingerprint density at radius 3 is 0.914 bits per heavy atom. The van der Waals surface area contributed by atoms with Crippen molar-refractivity contribution in [2.45, 2.75) is 137 Å². The summed E-state index contributed by atoms with van der Waals surface area (Å²) in [7, 11) is 0. The number of carbonyl (C=O) groups is 4. The van der Waals surface area contributed by atoms with E-state index in [9.17, 15) is 19.2 Å². The van der Waals surface area contributed by atoms with Crippen LogP contribution in [0.25, 0.3) is 0 Å². The summed E-state index contributed by atoms with van der Waals surface area (Å²) < 4.78 is 0. The molecule has 12 N–H and O–H groups in total. The fraction of sp³-hybridized carbons (Fsp3) is 0.377. The second-order valence-corrected chi connectivity index (χ2v) is 19.4. The van der Waals surface area contributed by atoms with Crippen molar-refractivity contribution >= 4 is 46.7 Å². The first-order valence-corrected chi connectivity index (χ1v) is 26.4. The van der Waals surface area contributed by atoms with Gasteiger partial charge in [0.1, 0.15) is 50.6 Å². The van der Waals surface area contributed by atoms with Crippen molar-refractivity contribution in [1.29, 1.82) is 0 Å². The number of hydrogen-bond donors (Lipinski definition) is 8. The van der Waals surface area contributed by atoms with Crippen LogP contribution in [0.3, 0.4) is 0 Å². The lowest BCUT2D eigenvalue weighted by atomic mass is 10.0. The molecule has 4 atom stereocenters. The number of oxime groups is 4. The highest BCUT2D eigenvalue weighted by atomic mass is 16.6. The van der Waals surface area contributed by atoms with Gasteiger partial charge in [0.2, 0.25) is 0 Å². The van der Waals surface area contributed by atoms with Crippen LogP contribution in [0.5, 0.6) is 0 Å². The van der Waals surface area contributed by atoms with Gasteiger partial charge in [-0.2, -0.15) is 0 Å². The third-order valence-corrected chi connectivity index (χ3v) is 11.2. The van der Waals surface area contributed by atoms with Crippen LogP contribution in [-0.2, 0) is 90.3 Å². The zero-order chi connectivity index (χ0) is 60.1. The van der Waals surface area contributed by atoms with E-state index in [0.717, 1.165) is 87.5 Å². The Bertz CT molecular complexity index is 2660. The lowest BCUT2D eigenvalue weighted by molar-refractivity contribution is -0.139. The van der Waals surface area contributed by atoms with Crippen LogP contribution in [-0.4, -0.2) is 105 Å². The minimum atomic E-state index is -0.997. The third kappa shape index (κ3) is 32.4. The van der Waals surface area contributed by atoms with Crippen LogP contribution in [0.1, 0.15) is 111 Å². The monoisotopic (exact) mass is 1120 g/mol. The van der Waals surface area contributed by atoms with Crippen molar-refractivity contribution in [3.05, 3.63) is 177 Å². The van der Waals surface area contributed by atoms with Crippen LogP contribution in [0.4, 0.5) is 0 Å². The van der Waals surface area contributed by atoms with Gasteiger partial charge in [-0.3, -0.25) is 19.2 Å². The number of hydrogen-bond acceptors (Lipinski definition) is 16. The fourth-order valence-corrected chi connectivity index (χ4v) is 6.79. The maximum absolute atomic E-state index is 10.7. The molecule has 0 radical (unpaired) electrons. The number of nitrogens with zero attached hydrogens (tertiary/aromatic N) is 4. The minimum absolute atomic E-state index is 0.307. The molecule has 0 fully saturated rings. The van der Waals surface area contributed by atoms with Crippen molar-refractivity contribution in [1.82, 2.24) is 0 Å². The Morgan fingerprint density at radius 1 is 0.370 bits per heavy atom. The molecule has 0 aliphatic carbocycles. The van der Waals surface area contributed by atoms with E-state index in [1.165, 1.54) is 11.1 Å². The summed E-state index contributed by atoms with van der Waals surface area (Å²) in [6.45, 7) is 15.1. The first kappa shape index (κ1) is 68.8. The quantitative estimate of drug-likeness (QED) is 0.0127. The molecule has 20 heteroatoms. The zero-order valence-corrected chi connectivity index (χ0v) is 47.6. The molecular formula is C61H82N8O12. The lowest BCUT2D eigenvalue weighted by Crippen LogP contribution is -2.32. The van der Waals surface area contributed by atoms with Gasteiger partial charge in [0.15, 0.2) is 0 Å². The highest BCUT2D eigenvalue weighted by Crippen LogP contribution is 2.13. The molecule has 5 rings (SSSR count). The molecule has 81 heavy (non-hydrogen) atoms. The standard InChI is InChI=1S/C18H20N2O3.2C15H22N2O3.C13H18N2O3/c1-13(16-5-3-2-4-6-16)20-23-12-15-9-7-14(8-10-15)11-17(19)18(21)22;2*1-11(2)17-20-9-3-4-12-5-7-13(8-6-12)10-14(16)15(18)19;1-9(2)15-18-8-11-5-3-10(4-6-11)7-12(14)13(16)17/h2-10,17H,11-12,19H2,1H3,(H,21,22);2*5-8,14H,3-4,9-10,16H2,1-2H3,(H,18,19);3-6,12H,7-8,14H2,1-2H3,(H,16,17)/b20-13-;;;. The molecule has 0 bridgehead atoms. The maximum Gasteiger partial charge on any atom is 0.320 e. The Balaban J connectivity index is 0.000000370. The van der Waals surface area contributed by atoms with Crippen molar-refractivity contribution < 1.29 is 59.0 Å². The van der Waals surface area contributed by atoms with E-state index in [0.29, 0.717) is 52.1 Å². The Labute approximate surface area is 475 Å². The minimum Gasteiger partial charge on any atom is -0.480 e. The molecule has 5 aromatic carbocycles. The molecule has 0 amide bonds. The average molecular weight is 1120 g/mol. The highest BCUT2D eigenvalue weighted by molar-refractivity contribution is 5.98. The van der Waals surface area contributed by atoms with Crippen LogP contribution in [0, 0.1) is 0 Å². The molecule has 5 aromatic rings. The summed E-state index contributed by atoms with van der Waals surface area (Å²) in [5.41, 5.74) is 34.4. The second kappa shape index (κ2) is 39.1. The van der Waals surface area contributed by atoms with Crippen molar-refractivity contribution in [2.24, 2.45) is 43.6 Å². The number of benzene rings is 5. The number of aryl methyl sites for hydroxylation is 2. The predicted octanol–water partition coefficient (Wildman–Crippen LogP) is 8.11. The first-order valence-electron chi connectivity index (χ1n) is 26.4. The molecule has 20 nitrogen and oxygen atoms in total. The normalized spacial score (nSPS) is 12.0. The Morgan fingerprint density at radius 2 is 0.630 bits per heavy atom. The van der Waals surface area contributed by atoms with Crippen LogP contribution in [0.2, 0.25) is 0 Å². The van der Waals surface area contributed by atoms with Gasteiger partial charge >= 0.3 is 23.9 Å². The molecule has 0 saturated carbocycles. The van der Waals surface area contributed by atoms with Crippen LogP contribution < -0.4 is 22.9 Å². The number of aliphatic carboxylic acids is 4.